The average Bonchev–Trinajstić information content (AvgIpc) is 2.52. The fraction of sp³-hybridized carbons (Fsp3) is 0.412. The number of ether oxygens (including phenoxy) is 2. The lowest BCUT2D eigenvalue weighted by molar-refractivity contribution is -0.141. The molecule has 0 aliphatic carbocycles. The Hall–Kier alpha value is -2.10. The molecule has 1 rings (SSSR count). The molecule has 4 nitrogen and oxygen atoms in total. The SMILES string of the molecule is C=CC[C@@H](N=Cc1ccc(OC)cc1)C(=O)OC.CCC. The third kappa shape index (κ3) is 7.92. The summed E-state index contributed by atoms with van der Waals surface area (Å²) in [6, 6.07) is 6.87. The first-order valence-electron chi connectivity index (χ1n) is 6.98. The summed E-state index contributed by atoms with van der Waals surface area (Å²) in [5, 5.41) is 0. The van der Waals surface area contributed by atoms with Crippen LogP contribution in [0.4, 0.5) is 0 Å². The van der Waals surface area contributed by atoms with E-state index in [0.717, 1.165) is 11.3 Å². The van der Waals surface area contributed by atoms with Crippen molar-refractivity contribution >= 4 is 12.2 Å². The molecule has 0 saturated carbocycles. The van der Waals surface area contributed by atoms with E-state index in [-0.39, 0.29) is 5.97 Å². The van der Waals surface area contributed by atoms with E-state index in [4.69, 9.17) is 4.74 Å². The van der Waals surface area contributed by atoms with Gasteiger partial charge in [0.05, 0.1) is 14.2 Å². The van der Waals surface area contributed by atoms with Crippen LogP contribution in [0.3, 0.4) is 0 Å². The number of carbonyl (C=O) groups is 1. The van der Waals surface area contributed by atoms with Crippen molar-refractivity contribution < 1.29 is 14.3 Å². The second kappa shape index (κ2) is 11.7. The first kappa shape index (κ1) is 18.9. The van der Waals surface area contributed by atoms with Crippen LogP contribution in [0.15, 0.2) is 41.9 Å². The lowest BCUT2D eigenvalue weighted by Crippen LogP contribution is -2.19. The molecule has 0 heterocycles. The van der Waals surface area contributed by atoms with E-state index < -0.39 is 6.04 Å². The molecule has 0 fully saturated rings. The van der Waals surface area contributed by atoms with Gasteiger partial charge in [0.2, 0.25) is 0 Å². The molecule has 1 atom stereocenters. The normalized spacial score (nSPS) is 11.2. The highest BCUT2D eigenvalue weighted by Crippen LogP contribution is 2.10. The molecule has 0 unspecified atom stereocenters. The van der Waals surface area contributed by atoms with Gasteiger partial charge in [0.15, 0.2) is 6.04 Å². The van der Waals surface area contributed by atoms with Crippen molar-refractivity contribution in [3.63, 3.8) is 0 Å². The summed E-state index contributed by atoms with van der Waals surface area (Å²) in [5.74, 6) is 0.419. The molecule has 0 aliphatic heterocycles. The number of esters is 1. The molecule has 0 bridgehead atoms. The predicted octanol–water partition coefficient (Wildman–Crippen LogP) is 3.65. The maximum atomic E-state index is 11.4. The monoisotopic (exact) mass is 291 g/mol. The molecule has 0 spiro atoms. The molecule has 0 N–H and O–H groups in total. The van der Waals surface area contributed by atoms with Gasteiger partial charge in [-0.1, -0.05) is 26.3 Å². The molecule has 0 saturated heterocycles. The Labute approximate surface area is 127 Å². The van der Waals surface area contributed by atoms with Crippen LogP contribution in [0.2, 0.25) is 0 Å². The lowest BCUT2D eigenvalue weighted by Gasteiger charge is -2.07. The van der Waals surface area contributed by atoms with Gasteiger partial charge in [0.1, 0.15) is 5.75 Å². The third-order valence-corrected chi connectivity index (χ3v) is 2.38. The number of carbonyl (C=O) groups excluding carboxylic acids is 1. The van der Waals surface area contributed by atoms with Crippen LogP contribution in [-0.2, 0) is 9.53 Å². The molecular weight excluding hydrogens is 266 g/mol. The van der Waals surface area contributed by atoms with Crippen molar-refractivity contribution in [3.8, 4) is 5.75 Å². The smallest absolute Gasteiger partial charge is 0.330 e. The summed E-state index contributed by atoms with van der Waals surface area (Å²) in [4.78, 5) is 15.6. The van der Waals surface area contributed by atoms with E-state index in [0.29, 0.717) is 6.42 Å². The van der Waals surface area contributed by atoms with Crippen molar-refractivity contribution in [1.29, 1.82) is 0 Å². The summed E-state index contributed by atoms with van der Waals surface area (Å²) >= 11 is 0. The van der Waals surface area contributed by atoms with Gasteiger partial charge in [-0.15, -0.1) is 6.58 Å². The zero-order chi connectivity index (χ0) is 16.1. The van der Waals surface area contributed by atoms with E-state index in [1.807, 2.05) is 24.3 Å². The number of nitrogens with zero attached hydrogens (tertiary/aromatic N) is 1. The fourth-order valence-corrected chi connectivity index (χ4v) is 1.38. The summed E-state index contributed by atoms with van der Waals surface area (Å²) in [6.45, 7) is 7.85. The molecule has 0 radical (unpaired) electrons. The van der Waals surface area contributed by atoms with Crippen LogP contribution < -0.4 is 4.74 Å². The molecule has 0 aliphatic rings. The van der Waals surface area contributed by atoms with Crippen molar-refractivity contribution in [2.24, 2.45) is 4.99 Å². The van der Waals surface area contributed by atoms with Gasteiger partial charge < -0.3 is 9.47 Å². The maximum absolute atomic E-state index is 11.4. The molecule has 4 heteroatoms. The number of rotatable bonds is 6. The fourth-order valence-electron chi connectivity index (χ4n) is 1.38. The molecule has 21 heavy (non-hydrogen) atoms. The Morgan fingerprint density at radius 3 is 2.29 bits per heavy atom. The minimum absolute atomic E-state index is 0.361. The van der Waals surface area contributed by atoms with Gasteiger partial charge in [-0.25, -0.2) is 4.79 Å². The number of aliphatic imine (C=N–C) groups is 1. The zero-order valence-corrected chi connectivity index (χ0v) is 13.3. The number of hydrogen-bond donors (Lipinski definition) is 0. The Balaban J connectivity index is 0.00000122. The minimum Gasteiger partial charge on any atom is -0.497 e. The Bertz CT molecular complexity index is 438. The lowest BCUT2D eigenvalue weighted by atomic mass is 10.2. The first-order chi connectivity index (χ1) is 10.1. The molecule has 0 aromatic heterocycles. The summed E-state index contributed by atoms with van der Waals surface area (Å²) < 4.78 is 9.73. The van der Waals surface area contributed by atoms with Crippen molar-refractivity contribution in [2.75, 3.05) is 14.2 Å². The van der Waals surface area contributed by atoms with Crippen molar-refractivity contribution in [3.05, 3.63) is 42.5 Å². The van der Waals surface area contributed by atoms with Crippen LogP contribution >= 0.6 is 0 Å². The minimum atomic E-state index is -0.533. The molecule has 0 amide bonds. The second-order valence-electron chi connectivity index (χ2n) is 4.32. The van der Waals surface area contributed by atoms with E-state index in [1.165, 1.54) is 13.5 Å². The van der Waals surface area contributed by atoms with E-state index >= 15 is 0 Å². The van der Waals surface area contributed by atoms with Crippen LogP contribution in [0.5, 0.6) is 5.75 Å². The van der Waals surface area contributed by atoms with Crippen LogP contribution in [0, 0.1) is 0 Å². The quantitative estimate of drug-likeness (QED) is 0.456. The summed E-state index contributed by atoms with van der Waals surface area (Å²) in [7, 11) is 2.96. The van der Waals surface area contributed by atoms with Gasteiger partial charge in [0, 0.05) is 6.21 Å². The van der Waals surface area contributed by atoms with E-state index in [9.17, 15) is 4.79 Å². The van der Waals surface area contributed by atoms with Crippen LogP contribution in [0.25, 0.3) is 0 Å². The molecule has 1 aromatic rings. The standard InChI is InChI=1S/C14H17NO3.C3H8/c1-4-5-13(14(16)18-3)15-10-11-6-8-12(17-2)9-7-11;1-3-2/h4,6-10,13H,1,5H2,2-3H3;3H2,1-2H3/t13-;/m1./s1. The second-order valence-corrected chi connectivity index (χ2v) is 4.32. The summed E-state index contributed by atoms with van der Waals surface area (Å²) in [5.41, 5.74) is 0.897. The van der Waals surface area contributed by atoms with Gasteiger partial charge in [-0.2, -0.15) is 0 Å². The Morgan fingerprint density at radius 2 is 1.86 bits per heavy atom. The molecular formula is C17H25NO3. The third-order valence-electron chi connectivity index (χ3n) is 2.38. The zero-order valence-electron chi connectivity index (χ0n) is 13.3. The highest BCUT2D eigenvalue weighted by molar-refractivity contribution is 5.84. The van der Waals surface area contributed by atoms with Crippen molar-refractivity contribution in [1.82, 2.24) is 0 Å². The maximum Gasteiger partial charge on any atom is 0.330 e. The van der Waals surface area contributed by atoms with Crippen molar-refractivity contribution in [2.45, 2.75) is 32.7 Å². The Morgan fingerprint density at radius 1 is 1.29 bits per heavy atom. The first-order valence-corrected chi connectivity index (χ1v) is 6.98. The van der Waals surface area contributed by atoms with Gasteiger partial charge >= 0.3 is 5.97 Å². The average molecular weight is 291 g/mol. The van der Waals surface area contributed by atoms with Gasteiger partial charge in [-0.3, -0.25) is 4.99 Å². The number of hydrogen-bond acceptors (Lipinski definition) is 4. The topological polar surface area (TPSA) is 47.9 Å². The van der Waals surface area contributed by atoms with Crippen LogP contribution in [0.1, 0.15) is 32.3 Å². The van der Waals surface area contributed by atoms with Gasteiger partial charge in [-0.05, 0) is 36.2 Å². The number of benzene rings is 1. The highest BCUT2D eigenvalue weighted by Gasteiger charge is 2.14. The number of methoxy groups -OCH3 is 2. The van der Waals surface area contributed by atoms with Gasteiger partial charge in [0.25, 0.3) is 0 Å². The highest BCUT2D eigenvalue weighted by atomic mass is 16.5. The molecule has 1 aromatic carbocycles. The largest absolute Gasteiger partial charge is 0.497 e. The van der Waals surface area contributed by atoms with E-state index in [2.05, 4.69) is 30.2 Å². The Kier molecular flexibility index (Phi) is 10.5. The molecule has 116 valence electrons. The predicted molar refractivity (Wildman–Crippen MR) is 87.2 cm³/mol. The summed E-state index contributed by atoms with van der Waals surface area (Å²) in [6.07, 6.45) is 5.00. The van der Waals surface area contributed by atoms with E-state index in [1.54, 1.807) is 19.4 Å². The van der Waals surface area contributed by atoms with Crippen LogP contribution in [-0.4, -0.2) is 32.4 Å².